The number of benzene rings is 4. The number of nitrogens with zero attached hydrogens (tertiary/aromatic N) is 1. The van der Waals surface area contributed by atoms with Gasteiger partial charge in [-0.25, -0.2) is 9.29 Å². The monoisotopic (exact) mass is 436 g/mol. The lowest BCUT2D eigenvalue weighted by Crippen LogP contribution is -2.32. The van der Waals surface area contributed by atoms with Crippen molar-refractivity contribution in [1.82, 2.24) is 0 Å². The van der Waals surface area contributed by atoms with Crippen molar-refractivity contribution < 1.29 is 14.0 Å². The van der Waals surface area contributed by atoms with E-state index in [4.69, 9.17) is 0 Å². The molecule has 0 saturated carbocycles. The Morgan fingerprint density at radius 1 is 0.758 bits per heavy atom. The fourth-order valence-corrected chi connectivity index (χ4v) is 4.10. The van der Waals surface area contributed by atoms with E-state index in [1.807, 2.05) is 74.5 Å². The predicted octanol–water partition coefficient (Wildman–Crippen LogP) is 5.99. The van der Waals surface area contributed by atoms with Crippen molar-refractivity contribution in [2.24, 2.45) is 0 Å². The Morgan fingerprint density at radius 2 is 1.48 bits per heavy atom. The molecule has 0 saturated heterocycles. The zero-order valence-electron chi connectivity index (χ0n) is 18.2. The summed E-state index contributed by atoms with van der Waals surface area (Å²) < 4.78 is 13.5. The molecule has 0 bridgehead atoms. The Bertz CT molecular complexity index is 1450. The quantitative estimate of drug-likeness (QED) is 0.400. The topological polar surface area (TPSA) is 49.4 Å². The van der Waals surface area contributed by atoms with E-state index in [0.717, 1.165) is 32.5 Å². The van der Waals surface area contributed by atoms with Crippen LogP contribution < -0.4 is 10.2 Å². The summed E-state index contributed by atoms with van der Waals surface area (Å²) in [6.45, 7) is 3.96. The van der Waals surface area contributed by atoms with Gasteiger partial charge >= 0.3 is 0 Å². The minimum atomic E-state index is -0.479. The van der Waals surface area contributed by atoms with Gasteiger partial charge in [-0.3, -0.25) is 9.59 Å². The molecule has 1 N–H and O–H groups in total. The van der Waals surface area contributed by atoms with E-state index in [1.54, 1.807) is 0 Å². The standard InChI is InChI=1S/C28H21FN2O2/c1-17-10-11-20(16-18(17)2)25-26(30-24-9-5-7-19-6-3-4-8-23(19)24)28(33)31(27(25)32)22-14-12-21(29)13-15-22/h3-16,30H,1-2H3. The van der Waals surface area contributed by atoms with Crippen LogP contribution in [0.15, 0.2) is 90.6 Å². The highest BCUT2D eigenvalue weighted by molar-refractivity contribution is 6.46. The van der Waals surface area contributed by atoms with Crippen molar-refractivity contribution >= 4 is 39.5 Å². The number of hydrogen-bond donors (Lipinski definition) is 1. The molecular weight excluding hydrogens is 415 g/mol. The average molecular weight is 436 g/mol. The van der Waals surface area contributed by atoms with Gasteiger partial charge in [-0.1, -0.05) is 54.6 Å². The van der Waals surface area contributed by atoms with E-state index in [2.05, 4.69) is 5.32 Å². The van der Waals surface area contributed by atoms with Gasteiger partial charge in [0.1, 0.15) is 11.5 Å². The van der Waals surface area contributed by atoms with E-state index in [0.29, 0.717) is 16.8 Å². The number of hydrogen-bond acceptors (Lipinski definition) is 3. The Morgan fingerprint density at radius 3 is 2.24 bits per heavy atom. The maximum Gasteiger partial charge on any atom is 0.282 e. The normalized spacial score (nSPS) is 13.8. The van der Waals surface area contributed by atoms with Crippen molar-refractivity contribution in [3.05, 3.63) is 113 Å². The molecule has 0 unspecified atom stereocenters. The van der Waals surface area contributed by atoms with Crippen molar-refractivity contribution in [3.63, 3.8) is 0 Å². The minimum Gasteiger partial charge on any atom is -0.350 e. The fraction of sp³-hybridized carbons (Fsp3) is 0.0714. The van der Waals surface area contributed by atoms with Crippen molar-refractivity contribution in [2.75, 3.05) is 10.2 Å². The lowest BCUT2D eigenvalue weighted by molar-refractivity contribution is -0.120. The minimum absolute atomic E-state index is 0.198. The Balaban J connectivity index is 1.67. The lowest BCUT2D eigenvalue weighted by atomic mass is 9.99. The first-order valence-corrected chi connectivity index (χ1v) is 10.6. The van der Waals surface area contributed by atoms with Crippen LogP contribution in [0, 0.1) is 19.7 Å². The molecular formula is C28H21FN2O2. The highest BCUT2D eigenvalue weighted by Crippen LogP contribution is 2.35. The third kappa shape index (κ3) is 3.57. The van der Waals surface area contributed by atoms with Gasteiger partial charge in [0.25, 0.3) is 11.8 Å². The van der Waals surface area contributed by atoms with Gasteiger partial charge in [0.2, 0.25) is 0 Å². The molecule has 0 atom stereocenters. The smallest absolute Gasteiger partial charge is 0.282 e. The number of carbonyl (C=O) groups is 2. The van der Waals surface area contributed by atoms with Gasteiger partial charge in [-0.05, 0) is 66.3 Å². The number of rotatable bonds is 4. The molecule has 4 aromatic carbocycles. The molecule has 2 amide bonds. The number of nitrogens with one attached hydrogen (secondary N) is 1. The Kier molecular flexibility index (Phi) is 5.02. The number of aryl methyl sites for hydroxylation is 2. The molecule has 0 aromatic heterocycles. The summed E-state index contributed by atoms with van der Waals surface area (Å²) in [6.07, 6.45) is 0. The van der Waals surface area contributed by atoms with Crippen molar-refractivity contribution in [1.29, 1.82) is 0 Å². The number of carbonyl (C=O) groups excluding carboxylic acids is 2. The van der Waals surface area contributed by atoms with Crippen LogP contribution in [0.25, 0.3) is 16.3 Å². The number of anilines is 2. The van der Waals surface area contributed by atoms with Crippen LogP contribution in [0.3, 0.4) is 0 Å². The van der Waals surface area contributed by atoms with Crippen LogP contribution in [-0.2, 0) is 9.59 Å². The summed E-state index contributed by atoms with van der Waals surface area (Å²) in [7, 11) is 0. The SMILES string of the molecule is Cc1ccc(C2=C(Nc3cccc4ccccc34)C(=O)N(c3ccc(F)cc3)C2=O)cc1C. The largest absolute Gasteiger partial charge is 0.350 e. The van der Waals surface area contributed by atoms with Gasteiger partial charge in [0.05, 0.1) is 11.3 Å². The first kappa shape index (κ1) is 20.6. The second-order valence-electron chi connectivity index (χ2n) is 8.12. The second-order valence-corrected chi connectivity index (χ2v) is 8.12. The predicted molar refractivity (Wildman–Crippen MR) is 129 cm³/mol. The molecule has 4 aromatic rings. The lowest BCUT2D eigenvalue weighted by Gasteiger charge is -2.15. The molecule has 0 radical (unpaired) electrons. The van der Waals surface area contributed by atoms with Crippen molar-refractivity contribution in [3.8, 4) is 0 Å². The molecule has 1 aliphatic rings. The molecule has 0 spiro atoms. The van der Waals surface area contributed by atoms with E-state index in [9.17, 15) is 14.0 Å². The maximum atomic E-state index is 13.6. The van der Waals surface area contributed by atoms with Gasteiger partial charge in [0.15, 0.2) is 0 Å². The second kappa shape index (κ2) is 8.02. The molecule has 5 rings (SSSR count). The third-order valence-electron chi connectivity index (χ3n) is 6.01. The van der Waals surface area contributed by atoms with Gasteiger partial charge in [0, 0.05) is 11.1 Å². The van der Waals surface area contributed by atoms with Crippen LogP contribution in [-0.4, -0.2) is 11.8 Å². The highest BCUT2D eigenvalue weighted by atomic mass is 19.1. The number of imide groups is 1. The zero-order valence-corrected chi connectivity index (χ0v) is 18.2. The molecule has 1 heterocycles. The van der Waals surface area contributed by atoms with Crippen LogP contribution in [0.4, 0.5) is 15.8 Å². The first-order chi connectivity index (χ1) is 15.9. The molecule has 0 aliphatic carbocycles. The maximum absolute atomic E-state index is 13.6. The molecule has 1 aliphatic heterocycles. The van der Waals surface area contributed by atoms with E-state index >= 15 is 0 Å². The van der Waals surface area contributed by atoms with E-state index in [-0.39, 0.29) is 5.70 Å². The molecule has 162 valence electrons. The summed E-state index contributed by atoms with van der Waals surface area (Å²) in [5.41, 5.74) is 4.31. The third-order valence-corrected chi connectivity index (χ3v) is 6.01. The molecule has 33 heavy (non-hydrogen) atoms. The fourth-order valence-electron chi connectivity index (χ4n) is 4.10. The Hall–Kier alpha value is -4.25. The van der Waals surface area contributed by atoms with Gasteiger partial charge in [-0.15, -0.1) is 0 Å². The van der Waals surface area contributed by atoms with Gasteiger partial charge in [-0.2, -0.15) is 0 Å². The molecule has 5 heteroatoms. The summed E-state index contributed by atoms with van der Waals surface area (Å²) in [4.78, 5) is 28.2. The summed E-state index contributed by atoms with van der Waals surface area (Å²) in [5.74, 6) is -1.36. The highest BCUT2D eigenvalue weighted by Gasteiger charge is 2.40. The number of halogens is 1. The summed E-state index contributed by atoms with van der Waals surface area (Å²) in [6, 6.07) is 24.7. The first-order valence-electron chi connectivity index (χ1n) is 10.6. The molecule has 0 fully saturated rings. The van der Waals surface area contributed by atoms with Crippen LogP contribution in [0.5, 0.6) is 0 Å². The van der Waals surface area contributed by atoms with Crippen LogP contribution in [0.1, 0.15) is 16.7 Å². The zero-order chi connectivity index (χ0) is 23.1. The summed E-state index contributed by atoms with van der Waals surface area (Å²) in [5, 5.41) is 5.21. The van der Waals surface area contributed by atoms with Crippen LogP contribution in [0.2, 0.25) is 0 Å². The van der Waals surface area contributed by atoms with Crippen molar-refractivity contribution in [2.45, 2.75) is 13.8 Å². The van der Waals surface area contributed by atoms with E-state index in [1.165, 1.54) is 24.3 Å². The van der Waals surface area contributed by atoms with Crippen LogP contribution >= 0.6 is 0 Å². The number of amides is 2. The average Bonchev–Trinajstić information content (AvgIpc) is 3.06. The number of fused-ring (bicyclic) bond motifs is 1. The summed E-state index contributed by atoms with van der Waals surface area (Å²) >= 11 is 0. The Labute approximate surface area is 191 Å². The van der Waals surface area contributed by atoms with E-state index < -0.39 is 17.6 Å². The molecule has 4 nitrogen and oxygen atoms in total. The van der Waals surface area contributed by atoms with Gasteiger partial charge < -0.3 is 5.32 Å².